The van der Waals surface area contributed by atoms with Crippen molar-refractivity contribution in [3.63, 3.8) is 0 Å². The fraction of sp³-hybridized carbons (Fsp3) is 0.273. The molecule has 2 heterocycles. The Hall–Kier alpha value is -2.63. The van der Waals surface area contributed by atoms with Gasteiger partial charge in [-0.3, -0.25) is 4.79 Å². The molecule has 5 nitrogen and oxygen atoms in total. The number of benzene rings is 2. The number of fused-ring (bicyclic) bond motifs is 1. The van der Waals surface area contributed by atoms with Gasteiger partial charge in [-0.05, 0) is 36.8 Å². The first-order valence-corrected chi connectivity index (χ1v) is 9.80. The second kappa shape index (κ2) is 7.78. The van der Waals surface area contributed by atoms with Crippen LogP contribution in [-0.4, -0.2) is 37.0 Å². The Morgan fingerprint density at radius 2 is 1.86 bits per heavy atom. The van der Waals surface area contributed by atoms with Crippen LogP contribution in [0.1, 0.15) is 21.5 Å². The summed E-state index contributed by atoms with van der Waals surface area (Å²) in [5, 5.41) is 1.54. The Balaban J connectivity index is 1.49. The van der Waals surface area contributed by atoms with Gasteiger partial charge in [0.2, 0.25) is 0 Å². The summed E-state index contributed by atoms with van der Waals surface area (Å²) in [6, 6.07) is 14.6. The van der Waals surface area contributed by atoms with Crippen molar-refractivity contribution >= 4 is 28.5 Å². The topological polar surface area (TPSA) is 55.0 Å². The summed E-state index contributed by atoms with van der Waals surface area (Å²) in [4.78, 5) is 27.8. The SMILES string of the molecule is Cc1cc2oc(=O)cc(C[NH+]3CCN(C(=O)c4ccccc4)CC3)c2cc1Cl. The molecule has 1 aliphatic heterocycles. The summed E-state index contributed by atoms with van der Waals surface area (Å²) in [6.45, 7) is 5.65. The molecule has 4 rings (SSSR count). The van der Waals surface area contributed by atoms with Crippen LogP contribution in [0.2, 0.25) is 5.02 Å². The lowest BCUT2D eigenvalue weighted by molar-refractivity contribution is -0.917. The lowest BCUT2D eigenvalue weighted by Gasteiger charge is -2.32. The number of nitrogens with one attached hydrogen (secondary N) is 1. The third-order valence-electron chi connectivity index (χ3n) is 5.33. The van der Waals surface area contributed by atoms with Crippen LogP contribution in [0.15, 0.2) is 57.7 Å². The van der Waals surface area contributed by atoms with E-state index in [1.54, 1.807) is 6.07 Å². The second-order valence-electron chi connectivity index (χ2n) is 7.27. The second-order valence-corrected chi connectivity index (χ2v) is 7.68. The number of carbonyl (C=O) groups is 1. The van der Waals surface area contributed by atoms with E-state index in [0.717, 1.165) is 35.2 Å². The number of nitrogens with zero attached hydrogens (tertiary/aromatic N) is 1. The van der Waals surface area contributed by atoms with Crippen molar-refractivity contribution < 1.29 is 14.1 Å². The minimum Gasteiger partial charge on any atom is -0.423 e. The monoisotopic (exact) mass is 397 g/mol. The van der Waals surface area contributed by atoms with Gasteiger partial charge in [0, 0.05) is 27.6 Å². The standard InChI is InChI=1S/C22H21ClN2O3/c1-15-11-20-18(13-19(15)23)17(12-21(26)28-20)14-24-7-9-25(10-8-24)22(27)16-5-3-2-4-6-16/h2-6,11-13H,7-10,14H2,1H3/p+1. The number of aryl methyl sites for hydroxylation is 1. The molecule has 1 amide bonds. The largest absolute Gasteiger partial charge is 0.423 e. The van der Waals surface area contributed by atoms with Gasteiger partial charge in [-0.15, -0.1) is 0 Å². The van der Waals surface area contributed by atoms with E-state index in [0.29, 0.717) is 30.2 Å². The molecule has 144 valence electrons. The van der Waals surface area contributed by atoms with Crippen LogP contribution in [0.25, 0.3) is 11.0 Å². The van der Waals surface area contributed by atoms with Crippen LogP contribution in [-0.2, 0) is 6.54 Å². The molecule has 2 aromatic carbocycles. The molecule has 1 saturated heterocycles. The minimum absolute atomic E-state index is 0.0766. The van der Waals surface area contributed by atoms with Gasteiger partial charge in [0.25, 0.3) is 5.91 Å². The summed E-state index contributed by atoms with van der Waals surface area (Å²) in [5.74, 6) is 0.0766. The molecule has 0 saturated carbocycles. The first-order chi connectivity index (χ1) is 13.5. The minimum atomic E-state index is -0.346. The molecule has 1 aliphatic rings. The molecule has 1 N–H and O–H groups in total. The molecule has 0 bridgehead atoms. The van der Waals surface area contributed by atoms with Crippen LogP contribution >= 0.6 is 11.6 Å². The van der Waals surface area contributed by atoms with Crippen molar-refractivity contribution in [2.75, 3.05) is 26.2 Å². The first kappa shape index (κ1) is 18.7. The number of halogens is 1. The molecule has 0 spiro atoms. The molecule has 0 unspecified atom stereocenters. The number of hydrogen-bond acceptors (Lipinski definition) is 3. The van der Waals surface area contributed by atoms with E-state index in [1.165, 1.54) is 4.90 Å². The molecule has 1 fully saturated rings. The van der Waals surface area contributed by atoms with Crippen molar-refractivity contribution in [2.45, 2.75) is 13.5 Å². The van der Waals surface area contributed by atoms with Crippen molar-refractivity contribution in [3.8, 4) is 0 Å². The zero-order chi connectivity index (χ0) is 19.7. The third-order valence-corrected chi connectivity index (χ3v) is 5.74. The molecular formula is C22H22ClN2O3+. The van der Waals surface area contributed by atoms with Gasteiger partial charge in [-0.2, -0.15) is 0 Å². The zero-order valence-electron chi connectivity index (χ0n) is 15.7. The van der Waals surface area contributed by atoms with Crippen molar-refractivity contribution in [1.82, 2.24) is 4.90 Å². The van der Waals surface area contributed by atoms with Crippen LogP contribution < -0.4 is 10.5 Å². The smallest absolute Gasteiger partial charge is 0.336 e. The van der Waals surface area contributed by atoms with Crippen LogP contribution in [0, 0.1) is 6.92 Å². The highest BCUT2D eigenvalue weighted by molar-refractivity contribution is 6.32. The Labute approximate surface area is 168 Å². The summed E-state index contributed by atoms with van der Waals surface area (Å²) >= 11 is 6.28. The summed E-state index contributed by atoms with van der Waals surface area (Å²) < 4.78 is 5.35. The number of hydrogen-bond donors (Lipinski definition) is 1. The number of carbonyl (C=O) groups excluding carboxylic acids is 1. The molecule has 6 heteroatoms. The number of amides is 1. The first-order valence-electron chi connectivity index (χ1n) is 9.42. The molecule has 3 aromatic rings. The van der Waals surface area contributed by atoms with Crippen LogP contribution in [0.5, 0.6) is 0 Å². The third kappa shape index (κ3) is 3.81. The van der Waals surface area contributed by atoms with Gasteiger partial charge in [0.05, 0.1) is 26.2 Å². The summed E-state index contributed by atoms with van der Waals surface area (Å²) in [7, 11) is 0. The maximum Gasteiger partial charge on any atom is 0.336 e. The predicted octanol–water partition coefficient (Wildman–Crippen LogP) is 2.30. The lowest BCUT2D eigenvalue weighted by Crippen LogP contribution is -3.13. The molecular weight excluding hydrogens is 376 g/mol. The maximum atomic E-state index is 12.6. The van der Waals surface area contributed by atoms with Gasteiger partial charge in [0.15, 0.2) is 0 Å². The lowest BCUT2D eigenvalue weighted by atomic mass is 10.1. The highest BCUT2D eigenvalue weighted by atomic mass is 35.5. The molecule has 1 aromatic heterocycles. The van der Waals surface area contributed by atoms with Gasteiger partial charge in [0.1, 0.15) is 12.1 Å². The predicted molar refractivity (Wildman–Crippen MR) is 109 cm³/mol. The van der Waals surface area contributed by atoms with E-state index in [2.05, 4.69) is 0 Å². The van der Waals surface area contributed by atoms with E-state index in [-0.39, 0.29) is 11.5 Å². The Morgan fingerprint density at radius 3 is 2.57 bits per heavy atom. The van der Waals surface area contributed by atoms with E-state index in [9.17, 15) is 9.59 Å². The number of piperazine rings is 1. The quantitative estimate of drug-likeness (QED) is 0.690. The van der Waals surface area contributed by atoms with E-state index in [4.69, 9.17) is 16.0 Å². The van der Waals surface area contributed by atoms with Gasteiger partial charge in [-0.25, -0.2) is 4.79 Å². The van der Waals surface area contributed by atoms with E-state index in [1.807, 2.05) is 54.3 Å². The molecule has 28 heavy (non-hydrogen) atoms. The van der Waals surface area contributed by atoms with Gasteiger partial charge >= 0.3 is 5.63 Å². The van der Waals surface area contributed by atoms with Crippen molar-refractivity contribution in [2.24, 2.45) is 0 Å². The fourth-order valence-electron chi connectivity index (χ4n) is 3.73. The van der Waals surface area contributed by atoms with Crippen LogP contribution in [0.3, 0.4) is 0 Å². The average molecular weight is 398 g/mol. The number of quaternary nitrogens is 1. The Morgan fingerprint density at radius 1 is 1.14 bits per heavy atom. The Kier molecular flexibility index (Phi) is 5.20. The summed E-state index contributed by atoms with van der Waals surface area (Å²) in [5.41, 5.74) is 2.77. The number of rotatable bonds is 3. The highest BCUT2D eigenvalue weighted by Gasteiger charge is 2.25. The van der Waals surface area contributed by atoms with E-state index >= 15 is 0 Å². The molecule has 0 atom stereocenters. The normalized spacial score (nSPS) is 15.1. The molecule has 0 radical (unpaired) electrons. The average Bonchev–Trinajstić information content (AvgIpc) is 2.70. The van der Waals surface area contributed by atoms with Gasteiger partial charge in [-0.1, -0.05) is 29.8 Å². The van der Waals surface area contributed by atoms with Gasteiger partial charge < -0.3 is 14.2 Å². The molecule has 0 aliphatic carbocycles. The summed E-state index contributed by atoms with van der Waals surface area (Å²) in [6.07, 6.45) is 0. The van der Waals surface area contributed by atoms with Crippen molar-refractivity contribution in [1.29, 1.82) is 0 Å². The van der Waals surface area contributed by atoms with E-state index < -0.39 is 0 Å². The van der Waals surface area contributed by atoms with Crippen molar-refractivity contribution in [3.05, 3.63) is 80.7 Å². The Bertz CT molecular complexity index is 1070. The fourth-order valence-corrected chi connectivity index (χ4v) is 3.89. The van der Waals surface area contributed by atoms with Crippen LogP contribution in [0.4, 0.5) is 0 Å². The zero-order valence-corrected chi connectivity index (χ0v) is 16.5. The highest BCUT2D eigenvalue weighted by Crippen LogP contribution is 2.24. The maximum absolute atomic E-state index is 12.6.